The van der Waals surface area contributed by atoms with Gasteiger partial charge in [-0.25, -0.2) is 0 Å². The summed E-state index contributed by atoms with van der Waals surface area (Å²) >= 11 is 0. The zero-order valence-electron chi connectivity index (χ0n) is 19.5. The number of methoxy groups -OCH3 is 1. The third-order valence-corrected chi connectivity index (χ3v) is 6.76. The molecule has 0 saturated carbocycles. The number of benzene rings is 3. The summed E-state index contributed by atoms with van der Waals surface area (Å²) in [4.78, 5) is 29.0. The summed E-state index contributed by atoms with van der Waals surface area (Å²) in [6.45, 7) is 1.86. The minimum absolute atomic E-state index is 0.0261. The molecule has 0 bridgehead atoms. The molecule has 5 rings (SSSR count). The second kappa shape index (κ2) is 9.18. The molecule has 1 N–H and O–H groups in total. The first-order valence-corrected chi connectivity index (χ1v) is 11.7. The zero-order chi connectivity index (χ0) is 23.7. The molecule has 0 radical (unpaired) electrons. The summed E-state index contributed by atoms with van der Waals surface area (Å²) in [5.74, 6) is 0.876. The Morgan fingerprint density at radius 3 is 2.35 bits per heavy atom. The normalized spacial score (nSPS) is 19.6. The lowest BCUT2D eigenvalue weighted by Crippen LogP contribution is -2.38. The van der Waals surface area contributed by atoms with Crippen molar-refractivity contribution in [3.8, 4) is 5.75 Å². The molecule has 0 aromatic heterocycles. The summed E-state index contributed by atoms with van der Waals surface area (Å²) in [5.41, 5.74) is 5.24. The third-order valence-electron chi connectivity index (χ3n) is 6.76. The van der Waals surface area contributed by atoms with E-state index in [0.717, 1.165) is 33.9 Å². The van der Waals surface area contributed by atoms with Crippen molar-refractivity contribution >= 4 is 23.1 Å². The van der Waals surface area contributed by atoms with Gasteiger partial charge in [0.2, 0.25) is 5.91 Å². The van der Waals surface area contributed by atoms with Crippen LogP contribution in [0.1, 0.15) is 49.3 Å². The van der Waals surface area contributed by atoms with Crippen molar-refractivity contribution < 1.29 is 14.3 Å². The van der Waals surface area contributed by atoms with Crippen molar-refractivity contribution in [2.24, 2.45) is 0 Å². The van der Waals surface area contributed by atoms with Gasteiger partial charge in [0, 0.05) is 24.1 Å². The van der Waals surface area contributed by atoms with Crippen LogP contribution in [-0.2, 0) is 9.59 Å². The predicted molar refractivity (Wildman–Crippen MR) is 134 cm³/mol. The maximum Gasteiger partial charge on any atom is 0.227 e. The van der Waals surface area contributed by atoms with E-state index in [1.165, 1.54) is 0 Å². The number of nitrogens with zero attached hydrogens (tertiary/aromatic N) is 1. The van der Waals surface area contributed by atoms with Crippen molar-refractivity contribution in [1.82, 2.24) is 0 Å². The van der Waals surface area contributed by atoms with Gasteiger partial charge in [0.1, 0.15) is 5.75 Å². The number of hydrogen-bond donors (Lipinski definition) is 1. The second-order valence-corrected chi connectivity index (χ2v) is 8.77. The van der Waals surface area contributed by atoms with E-state index in [9.17, 15) is 9.59 Å². The number of para-hydroxylation sites is 2. The van der Waals surface area contributed by atoms with Gasteiger partial charge in [-0.05, 0) is 47.7 Å². The van der Waals surface area contributed by atoms with Crippen LogP contribution >= 0.6 is 0 Å². The molecule has 5 nitrogen and oxygen atoms in total. The number of fused-ring (bicyclic) bond motifs is 1. The largest absolute Gasteiger partial charge is 0.497 e. The van der Waals surface area contributed by atoms with Gasteiger partial charge in [-0.2, -0.15) is 0 Å². The summed E-state index contributed by atoms with van der Waals surface area (Å²) in [6.07, 6.45) is 1.46. The molecule has 1 aliphatic heterocycles. The quantitative estimate of drug-likeness (QED) is 0.527. The van der Waals surface area contributed by atoms with Crippen molar-refractivity contribution in [3.63, 3.8) is 0 Å². The van der Waals surface area contributed by atoms with Crippen LogP contribution in [0.5, 0.6) is 5.75 Å². The molecule has 5 heteroatoms. The maximum absolute atomic E-state index is 13.8. The highest BCUT2D eigenvalue weighted by molar-refractivity contribution is 6.06. The van der Waals surface area contributed by atoms with E-state index in [2.05, 4.69) is 17.4 Å². The first-order chi connectivity index (χ1) is 16.6. The highest BCUT2D eigenvalue weighted by Gasteiger charge is 2.41. The molecule has 0 spiro atoms. The number of ketones is 1. The van der Waals surface area contributed by atoms with E-state index >= 15 is 0 Å². The maximum atomic E-state index is 13.8. The van der Waals surface area contributed by atoms with E-state index in [4.69, 9.17) is 4.74 Å². The molecule has 0 saturated heterocycles. The van der Waals surface area contributed by atoms with Gasteiger partial charge in [0.05, 0.1) is 24.5 Å². The summed E-state index contributed by atoms with van der Waals surface area (Å²) in [5, 5.41) is 3.56. The number of carbonyl (C=O) groups is 2. The van der Waals surface area contributed by atoms with Crippen molar-refractivity contribution in [3.05, 3.63) is 101 Å². The molecule has 1 amide bonds. The lowest BCUT2D eigenvalue weighted by molar-refractivity contribution is -0.119. The topological polar surface area (TPSA) is 58.6 Å². The highest BCUT2D eigenvalue weighted by Crippen LogP contribution is 2.47. The van der Waals surface area contributed by atoms with Gasteiger partial charge in [-0.1, -0.05) is 61.5 Å². The predicted octanol–water partition coefficient (Wildman–Crippen LogP) is 6.01. The number of rotatable bonds is 4. The van der Waals surface area contributed by atoms with Crippen LogP contribution in [0.3, 0.4) is 0 Å². The fourth-order valence-corrected chi connectivity index (χ4v) is 5.10. The molecule has 2 aliphatic rings. The molecule has 3 aromatic carbocycles. The molecule has 0 fully saturated rings. The molecular weight excluding hydrogens is 424 g/mol. The fourth-order valence-electron chi connectivity index (χ4n) is 5.10. The van der Waals surface area contributed by atoms with Gasteiger partial charge in [0.25, 0.3) is 0 Å². The minimum atomic E-state index is -0.506. The van der Waals surface area contributed by atoms with Gasteiger partial charge in [0.15, 0.2) is 5.78 Å². The van der Waals surface area contributed by atoms with Gasteiger partial charge in [-0.15, -0.1) is 0 Å². The zero-order valence-corrected chi connectivity index (χ0v) is 19.5. The van der Waals surface area contributed by atoms with Gasteiger partial charge >= 0.3 is 0 Å². The number of anilines is 2. The summed E-state index contributed by atoms with van der Waals surface area (Å²) in [6, 6.07) is 25.2. The second-order valence-electron chi connectivity index (χ2n) is 8.77. The average molecular weight is 453 g/mol. The van der Waals surface area contributed by atoms with Crippen LogP contribution in [0, 0.1) is 0 Å². The Balaban J connectivity index is 1.70. The number of amides is 1. The smallest absolute Gasteiger partial charge is 0.227 e. The van der Waals surface area contributed by atoms with Crippen LogP contribution in [0.25, 0.3) is 0 Å². The lowest BCUT2D eigenvalue weighted by atomic mass is 9.78. The third kappa shape index (κ3) is 3.87. The molecule has 172 valence electrons. The minimum Gasteiger partial charge on any atom is -0.497 e. The Morgan fingerprint density at radius 2 is 1.65 bits per heavy atom. The summed E-state index contributed by atoms with van der Waals surface area (Å²) < 4.78 is 5.35. The van der Waals surface area contributed by atoms with E-state index in [0.29, 0.717) is 24.8 Å². The standard InChI is InChI=1S/C29H28N2O3/c1-3-27(33)31-25-12-8-7-11-23(25)30-24-17-21(19-9-5-4-6-10-19)18-26(32)28(24)29(31)20-13-15-22(34-2)16-14-20/h4-16,21,29-30H,3,17-18H2,1-2H3/t21-,29-/m0/s1. The van der Waals surface area contributed by atoms with Crippen LogP contribution in [0.15, 0.2) is 90.1 Å². The molecule has 0 unspecified atom stereocenters. The SMILES string of the molecule is CCC(=O)N1c2ccccc2NC2=C(C(=O)C[C@@H](c3ccccc3)C2)[C@@H]1c1ccc(OC)cc1. The van der Waals surface area contributed by atoms with E-state index in [-0.39, 0.29) is 17.6 Å². The number of nitrogens with one attached hydrogen (secondary N) is 1. The number of ether oxygens (including phenoxy) is 1. The first kappa shape index (κ1) is 22.0. The molecule has 3 aromatic rings. The summed E-state index contributed by atoms with van der Waals surface area (Å²) in [7, 11) is 1.63. The van der Waals surface area contributed by atoms with E-state index < -0.39 is 6.04 Å². The molecular formula is C29H28N2O3. The monoisotopic (exact) mass is 452 g/mol. The van der Waals surface area contributed by atoms with Gasteiger partial charge < -0.3 is 10.1 Å². The van der Waals surface area contributed by atoms with Crippen LogP contribution < -0.4 is 15.0 Å². The number of hydrogen-bond acceptors (Lipinski definition) is 4. The highest BCUT2D eigenvalue weighted by atomic mass is 16.5. The Morgan fingerprint density at radius 1 is 0.941 bits per heavy atom. The lowest BCUT2D eigenvalue weighted by Gasteiger charge is -2.35. The van der Waals surface area contributed by atoms with E-state index in [1.54, 1.807) is 12.0 Å². The molecule has 1 aliphatic carbocycles. The van der Waals surface area contributed by atoms with Crippen molar-refractivity contribution in [2.45, 2.75) is 38.1 Å². The van der Waals surface area contributed by atoms with Crippen molar-refractivity contribution in [2.75, 3.05) is 17.3 Å². The fraction of sp³-hybridized carbons (Fsp3) is 0.241. The number of allylic oxidation sites excluding steroid dienone is 1. The molecule has 2 atom stereocenters. The van der Waals surface area contributed by atoms with E-state index in [1.807, 2.05) is 73.7 Å². The molecule has 34 heavy (non-hydrogen) atoms. The average Bonchev–Trinajstić information content (AvgIpc) is 3.03. The first-order valence-electron chi connectivity index (χ1n) is 11.7. The van der Waals surface area contributed by atoms with Gasteiger partial charge in [-0.3, -0.25) is 14.5 Å². The Bertz CT molecular complexity index is 1250. The number of carbonyl (C=O) groups excluding carboxylic acids is 2. The van der Waals surface area contributed by atoms with Crippen molar-refractivity contribution in [1.29, 1.82) is 0 Å². The van der Waals surface area contributed by atoms with Crippen LogP contribution in [0.4, 0.5) is 11.4 Å². The van der Waals surface area contributed by atoms with Crippen LogP contribution in [0.2, 0.25) is 0 Å². The Labute approximate surface area is 200 Å². The molecule has 1 heterocycles. The Hall–Kier alpha value is -3.86. The number of Topliss-reactive ketones (excluding diaryl/α,β-unsaturated/α-hetero) is 1. The van der Waals surface area contributed by atoms with Crippen LogP contribution in [-0.4, -0.2) is 18.8 Å². The Kier molecular flexibility index (Phi) is 5.93.